The lowest BCUT2D eigenvalue weighted by Crippen LogP contribution is -2.48. The van der Waals surface area contributed by atoms with Crippen LogP contribution in [0.4, 0.5) is 4.39 Å². The van der Waals surface area contributed by atoms with Gasteiger partial charge in [-0.15, -0.1) is 10.2 Å². The summed E-state index contributed by atoms with van der Waals surface area (Å²) in [7, 11) is 0. The van der Waals surface area contributed by atoms with Gasteiger partial charge in [0.1, 0.15) is 5.82 Å². The number of halogens is 1. The molecule has 1 aliphatic heterocycles. The maximum atomic E-state index is 13.9. The van der Waals surface area contributed by atoms with Gasteiger partial charge in [-0.2, -0.15) is 0 Å². The summed E-state index contributed by atoms with van der Waals surface area (Å²) in [6.07, 6.45) is 0. The van der Waals surface area contributed by atoms with E-state index in [9.17, 15) is 9.18 Å². The topological polar surface area (TPSA) is 80.3 Å². The molecule has 1 saturated heterocycles. The molecule has 0 atom stereocenters. The highest BCUT2D eigenvalue weighted by Crippen LogP contribution is 2.22. The predicted molar refractivity (Wildman–Crippen MR) is 119 cm³/mol. The van der Waals surface area contributed by atoms with Gasteiger partial charge in [0.2, 0.25) is 11.1 Å². The molecule has 2 N–H and O–H groups in total. The largest absolute Gasteiger partial charge is 0.339 e. The van der Waals surface area contributed by atoms with E-state index in [1.807, 2.05) is 42.2 Å². The first-order valence-electron chi connectivity index (χ1n) is 10.1. The number of thioether (sulfide) groups is 1. The maximum absolute atomic E-state index is 13.9. The van der Waals surface area contributed by atoms with Crippen LogP contribution in [-0.2, 0) is 11.3 Å². The van der Waals surface area contributed by atoms with Crippen molar-refractivity contribution in [3.05, 3.63) is 65.5 Å². The lowest BCUT2D eigenvalue weighted by molar-refractivity contribution is -0.130. The molecule has 7 nitrogen and oxygen atoms in total. The van der Waals surface area contributed by atoms with Crippen LogP contribution in [0.3, 0.4) is 0 Å². The van der Waals surface area contributed by atoms with Crippen LogP contribution in [0.2, 0.25) is 0 Å². The van der Waals surface area contributed by atoms with Crippen molar-refractivity contribution in [1.82, 2.24) is 24.7 Å². The summed E-state index contributed by atoms with van der Waals surface area (Å²) in [6.45, 7) is 5.26. The van der Waals surface area contributed by atoms with E-state index in [0.717, 1.165) is 24.2 Å². The zero-order chi connectivity index (χ0) is 21.8. The number of carbonyl (C=O) groups excluding carboxylic acids is 1. The first kappa shape index (κ1) is 21.3. The molecule has 31 heavy (non-hydrogen) atoms. The smallest absolute Gasteiger partial charge is 0.233 e. The first-order valence-corrected chi connectivity index (χ1v) is 11.1. The fraction of sp³-hybridized carbons (Fsp3) is 0.318. The third-order valence-corrected chi connectivity index (χ3v) is 6.30. The van der Waals surface area contributed by atoms with Crippen LogP contribution < -0.4 is 5.84 Å². The van der Waals surface area contributed by atoms with Gasteiger partial charge < -0.3 is 10.7 Å². The minimum Gasteiger partial charge on any atom is -0.339 e. The van der Waals surface area contributed by atoms with Gasteiger partial charge in [-0.05, 0) is 13.0 Å². The standard InChI is InChI=1S/C22H25FN6OS/c1-16-6-8-17(9-7-16)21-25-26-22(29(21)24)31-15-20(30)28-12-10-27(11-13-28)14-18-4-2-3-5-19(18)23/h2-9H,10-15,24H2,1H3. The number of benzene rings is 2. The van der Waals surface area contributed by atoms with Gasteiger partial charge in [-0.25, -0.2) is 9.07 Å². The molecule has 0 aliphatic carbocycles. The number of nitrogens with zero attached hydrogens (tertiary/aromatic N) is 5. The van der Waals surface area contributed by atoms with Crippen molar-refractivity contribution in [2.24, 2.45) is 0 Å². The van der Waals surface area contributed by atoms with E-state index in [1.54, 1.807) is 12.1 Å². The van der Waals surface area contributed by atoms with E-state index >= 15 is 0 Å². The first-order chi connectivity index (χ1) is 15.0. The average molecular weight is 441 g/mol. The van der Waals surface area contributed by atoms with Gasteiger partial charge in [0, 0.05) is 43.9 Å². The van der Waals surface area contributed by atoms with Crippen molar-refractivity contribution in [2.45, 2.75) is 18.6 Å². The number of aromatic nitrogens is 3. The lowest BCUT2D eigenvalue weighted by atomic mass is 10.1. The maximum Gasteiger partial charge on any atom is 0.233 e. The van der Waals surface area contributed by atoms with Crippen molar-refractivity contribution in [3.8, 4) is 11.4 Å². The highest BCUT2D eigenvalue weighted by Gasteiger charge is 2.22. The van der Waals surface area contributed by atoms with Crippen LogP contribution in [0, 0.1) is 12.7 Å². The van der Waals surface area contributed by atoms with Crippen LogP contribution >= 0.6 is 11.8 Å². The summed E-state index contributed by atoms with van der Waals surface area (Å²) < 4.78 is 15.3. The second kappa shape index (κ2) is 9.49. The molecule has 0 bridgehead atoms. The molecule has 0 spiro atoms. The highest BCUT2D eigenvalue weighted by molar-refractivity contribution is 7.99. The second-order valence-corrected chi connectivity index (χ2v) is 8.52. The lowest BCUT2D eigenvalue weighted by Gasteiger charge is -2.34. The van der Waals surface area contributed by atoms with E-state index in [-0.39, 0.29) is 17.5 Å². The molecule has 0 unspecified atom stereocenters. The Morgan fingerprint density at radius 2 is 1.77 bits per heavy atom. The number of piperazine rings is 1. The number of aryl methyl sites for hydroxylation is 1. The summed E-state index contributed by atoms with van der Waals surface area (Å²) in [4.78, 5) is 16.6. The Hall–Kier alpha value is -2.91. The molecule has 3 aromatic rings. The number of amides is 1. The highest BCUT2D eigenvalue weighted by atomic mass is 32.2. The van der Waals surface area contributed by atoms with Crippen molar-refractivity contribution < 1.29 is 9.18 Å². The van der Waals surface area contributed by atoms with Crippen LogP contribution in [0.15, 0.2) is 53.7 Å². The number of nitrogens with two attached hydrogens (primary N) is 1. The SMILES string of the molecule is Cc1ccc(-c2nnc(SCC(=O)N3CCN(Cc4ccccc4F)CC3)n2N)cc1. The molecular weight excluding hydrogens is 415 g/mol. The Morgan fingerprint density at radius 1 is 1.06 bits per heavy atom. The molecule has 0 saturated carbocycles. The zero-order valence-corrected chi connectivity index (χ0v) is 18.2. The fourth-order valence-corrected chi connectivity index (χ4v) is 4.27. The molecule has 1 fully saturated rings. The van der Waals surface area contributed by atoms with Crippen molar-refractivity contribution >= 4 is 17.7 Å². The van der Waals surface area contributed by atoms with E-state index in [4.69, 9.17) is 5.84 Å². The quantitative estimate of drug-likeness (QED) is 0.469. The van der Waals surface area contributed by atoms with Crippen molar-refractivity contribution in [2.75, 3.05) is 37.8 Å². The Labute approximate surface area is 185 Å². The number of rotatable bonds is 6. The van der Waals surface area contributed by atoms with Gasteiger partial charge in [0.15, 0.2) is 5.82 Å². The summed E-state index contributed by atoms with van der Waals surface area (Å²) in [5.41, 5.74) is 2.72. The minimum absolute atomic E-state index is 0.0374. The zero-order valence-electron chi connectivity index (χ0n) is 17.4. The predicted octanol–water partition coefficient (Wildman–Crippen LogP) is 2.54. The number of carbonyl (C=O) groups is 1. The number of hydrogen-bond acceptors (Lipinski definition) is 6. The normalized spacial score (nSPS) is 14.7. The molecule has 4 rings (SSSR count). The summed E-state index contributed by atoms with van der Waals surface area (Å²) >= 11 is 1.28. The van der Waals surface area contributed by atoms with Gasteiger partial charge >= 0.3 is 0 Å². The molecule has 1 aromatic heterocycles. The van der Waals surface area contributed by atoms with E-state index < -0.39 is 0 Å². The second-order valence-electron chi connectivity index (χ2n) is 7.58. The fourth-order valence-electron chi connectivity index (χ4n) is 3.52. The summed E-state index contributed by atoms with van der Waals surface area (Å²) in [5, 5.41) is 8.81. The van der Waals surface area contributed by atoms with Gasteiger partial charge in [0.25, 0.3) is 0 Å². The molecule has 2 heterocycles. The van der Waals surface area contributed by atoms with Gasteiger partial charge in [-0.1, -0.05) is 59.8 Å². The Balaban J connectivity index is 1.28. The summed E-state index contributed by atoms with van der Waals surface area (Å²) in [6, 6.07) is 14.7. The van der Waals surface area contributed by atoms with Crippen LogP contribution in [0.1, 0.15) is 11.1 Å². The van der Waals surface area contributed by atoms with Gasteiger partial charge in [-0.3, -0.25) is 9.69 Å². The summed E-state index contributed by atoms with van der Waals surface area (Å²) in [5.74, 6) is 6.81. The Morgan fingerprint density at radius 3 is 2.48 bits per heavy atom. The van der Waals surface area contributed by atoms with Crippen LogP contribution in [0.5, 0.6) is 0 Å². The third-order valence-electron chi connectivity index (χ3n) is 5.38. The Kier molecular flexibility index (Phi) is 6.53. The van der Waals surface area contributed by atoms with Crippen LogP contribution in [-0.4, -0.2) is 62.5 Å². The molecule has 9 heteroatoms. The molecule has 1 amide bonds. The molecule has 162 valence electrons. The molecule has 0 radical (unpaired) electrons. The van der Waals surface area contributed by atoms with Crippen LogP contribution in [0.25, 0.3) is 11.4 Å². The van der Waals surface area contributed by atoms with Crippen molar-refractivity contribution in [1.29, 1.82) is 0 Å². The number of hydrogen-bond donors (Lipinski definition) is 1. The van der Waals surface area contributed by atoms with E-state index in [1.165, 1.54) is 22.5 Å². The Bertz CT molecular complexity index is 1050. The molecule has 1 aliphatic rings. The van der Waals surface area contributed by atoms with Crippen molar-refractivity contribution in [3.63, 3.8) is 0 Å². The monoisotopic (exact) mass is 440 g/mol. The average Bonchev–Trinajstić information content (AvgIpc) is 3.15. The minimum atomic E-state index is -0.187. The number of nitrogen functional groups attached to an aromatic ring is 1. The van der Waals surface area contributed by atoms with Gasteiger partial charge in [0.05, 0.1) is 5.75 Å². The molecular formula is C22H25FN6OS. The van der Waals surface area contributed by atoms with E-state index in [2.05, 4.69) is 15.1 Å². The third kappa shape index (κ3) is 5.05. The molecule has 2 aromatic carbocycles. The van der Waals surface area contributed by atoms with E-state index in [0.29, 0.717) is 36.2 Å².